The van der Waals surface area contributed by atoms with Gasteiger partial charge in [-0.3, -0.25) is 4.79 Å². The molecule has 1 aromatic heterocycles. The zero-order valence-electron chi connectivity index (χ0n) is 12.8. The van der Waals surface area contributed by atoms with Crippen LogP contribution in [0.4, 0.5) is 0 Å². The summed E-state index contributed by atoms with van der Waals surface area (Å²) >= 11 is 11.5. The Hall–Kier alpha value is -1.78. The fraction of sp³-hybridized carbons (Fsp3) is 0.294. The van der Waals surface area contributed by atoms with Gasteiger partial charge in [-0.05, 0) is 49.2 Å². The second kappa shape index (κ2) is 8.75. The molecule has 0 aliphatic heterocycles. The summed E-state index contributed by atoms with van der Waals surface area (Å²) < 4.78 is 5.70. The smallest absolute Gasteiger partial charge is 0.220 e. The van der Waals surface area contributed by atoms with Crippen molar-refractivity contribution in [2.24, 2.45) is 0 Å². The third-order valence-corrected chi connectivity index (χ3v) is 3.64. The molecular formula is C17H18Cl2N2O2. The second-order valence-corrected chi connectivity index (χ2v) is 6.00. The Morgan fingerprint density at radius 3 is 2.61 bits per heavy atom. The first-order valence-corrected chi connectivity index (χ1v) is 8.08. The predicted octanol–water partition coefficient (Wildman–Crippen LogP) is 3.90. The topological polar surface area (TPSA) is 51.2 Å². The quantitative estimate of drug-likeness (QED) is 0.768. The summed E-state index contributed by atoms with van der Waals surface area (Å²) in [7, 11) is 0. The summed E-state index contributed by atoms with van der Waals surface area (Å²) in [5.41, 5.74) is 0.981. The molecule has 2 aromatic rings. The van der Waals surface area contributed by atoms with Gasteiger partial charge in [0.15, 0.2) is 0 Å². The first kappa shape index (κ1) is 17.6. The van der Waals surface area contributed by atoms with Gasteiger partial charge in [0.25, 0.3) is 0 Å². The molecule has 0 aliphatic rings. The Morgan fingerprint density at radius 1 is 1.22 bits per heavy atom. The molecule has 1 heterocycles. The molecule has 0 bridgehead atoms. The van der Waals surface area contributed by atoms with Crippen LogP contribution in [-0.4, -0.2) is 23.5 Å². The van der Waals surface area contributed by atoms with Crippen molar-refractivity contribution in [3.8, 4) is 5.75 Å². The van der Waals surface area contributed by atoms with Crippen molar-refractivity contribution in [2.75, 3.05) is 6.54 Å². The number of ether oxygens (including phenoxy) is 1. The van der Waals surface area contributed by atoms with E-state index in [0.717, 1.165) is 11.3 Å². The number of hydrogen-bond donors (Lipinski definition) is 1. The lowest BCUT2D eigenvalue weighted by molar-refractivity contribution is -0.121. The van der Waals surface area contributed by atoms with Crippen LogP contribution in [0.3, 0.4) is 0 Å². The van der Waals surface area contributed by atoms with Crippen LogP contribution < -0.4 is 10.1 Å². The number of aromatic nitrogens is 1. The minimum absolute atomic E-state index is 0.0218. The molecule has 0 saturated carbocycles. The van der Waals surface area contributed by atoms with Crippen molar-refractivity contribution in [1.82, 2.24) is 10.3 Å². The highest BCUT2D eigenvalue weighted by atomic mass is 35.5. The highest BCUT2D eigenvalue weighted by Crippen LogP contribution is 2.16. The number of nitrogens with one attached hydrogen (secondary N) is 1. The molecule has 0 saturated heterocycles. The van der Waals surface area contributed by atoms with Gasteiger partial charge in [0.05, 0.1) is 6.54 Å². The zero-order chi connectivity index (χ0) is 16.7. The van der Waals surface area contributed by atoms with Crippen molar-refractivity contribution in [1.29, 1.82) is 0 Å². The number of halogens is 2. The maximum Gasteiger partial charge on any atom is 0.220 e. The third-order valence-electron chi connectivity index (χ3n) is 3.17. The predicted molar refractivity (Wildman–Crippen MR) is 92.1 cm³/mol. The number of amides is 1. The van der Waals surface area contributed by atoms with Crippen molar-refractivity contribution >= 4 is 29.1 Å². The fourth-order valence-corrected chi connectivity index (χ4v) is 2.18. The van der Waals surface area contributed by atoms with E-state index >= 15 is 0 Å². The van der Waals surface area contributed by atoms with Crippen LogP contribution in [0, 0.1) is 0 Å². The highest BCUT2D eigenvalue weighted by molar-refractivity contribution is 6.30. The van der Waals surface area contributed by atoms with Crippen LogP contribution in [0.25, 0.3) is 0 Å². The first-order valence-electron chi connectivity index (χ1n) is 7.32. The molecule has 0 radical (unpaired) electrons. The minimum Gasteiger partial charge on any atom is -0.489 e. The number of nitrogens with zero attached hydrogens (tertiary/aromatic N) is 1. The number of pyridine rings is 1. The van der Waals surface area contributed by atoms with Gasteiger partial charge in [-0.2, -0.15) is 0 Å². The minimum atomic E-state index is -0.127. The van der Waals surface area contributed by atoms with Crippen molar-refractivity contribution < 1.29 is 9.53 Å². The number of carbonyl (C=O) groups excluding carboxylic acids is 1. The molecule has 1 amide bonds. The molecule has 0 unspecified atom stereocenters. The molecule has 1 aromatic carbocycles. The largest absolute Gasteiger partial charge is 0.489 e. The van der Waals surface area contributed by atoms with Crippen LogP contribution in [-0.2, 0) is 11.2 Å². The molecule has 4 nitrogen and oxygen atoms in total. The third kappa shape index (κ3) is 6.47. The Kier molecular flexibility index (Phi) is 6.68. The zero-order valence-corrected chi connectivity index (χ0v) is 14.3. The number of rotatable bonds is 7. The summed E-state index contributed by atoms with van der Waals surface area (Å²) in [6.07, 6.45) is 2.58. The summed E-state index contributed by atoms with van der Waals surface area (Å²) in [4.78, 5) is 15.8. The van der Waals surface area contributed by atoms with E-state index in [1.165, 1.54) is 0 Å². The van der Waals surface area contributed by atoms with E-state index in [0.29, 0.717) is 29.6 Å². The van der Waals surface area contributed by atoms with Gasteiger partial charge >= 0.3 is 0 Å². The molecule has 1 N–H and O–H groups in total. The molecule has 6 heteroatoms. The van der Waals surface area contributed by atoms with Crippen LogP contribution in [0.1, 0.15) is 18.9 Å². The lowest BCUT2D eigenvalue weighted by Crippen LogP contribution is -2.33. The second-order valence-electron chi connectivity index (χ2n) is 5.18. The molecule has 23 heavy (non-hydrogen) atoms. The van der Waals surface area contributed by atoms with E-state index in [1.54, 1.807) is 36.5 Å². The van der Waals surface area contributed by atoms with Crippen LogP contribution >= 0.6 is 23.2 Å². The Morgan fingerprint density at radius 2 is 1.96 bits per heavy atom. The molecule has 0 fully saturated rings. The lowest BCUT2D eigenvalue weighted by Gasteiger charge is -2.15. The van der Waals surface area contributed by atoms with E-state index in [-0.39, 0.29) is 12.0 Å². The normalized spacial score (nSPS) is 11.8. The number of aryl methyl sites for hydroxylation is 1. The summed E-state index contributed by atoms with van der Waals surface area (Å²) in [5, 5.41) is 3.97. The van der Waals surface area contributed by atoms with Gasteiger partial charge in [-0.1, -0.05) is 29.3 Å². The fourth-order valence-electron chi connectivity index (χ4n) is 1.95. The standard InChI is InChI=1S/C17H18Cl2N2O2/c1-12(23-15-6-4-14(18)5-7-15)10-21-17(22)9-3-13-2-8-16(19)20-11-13/h2,4-8,11-12H,3,9-10H2,1H3,(H,21,22)/t12-/m1/s1. The average Bonchev–Trinajstić information content (AvgIpc) is 2.54. The Balaban J connectivity index is 1.69. The van der Waals surface area contributed by atoms with Gasteiger partial charge in [-0.15, -0.1) is 0 Å². The molecule has 122 valence electrons. The maximum absolute atomic E-state index is 11.9. The Labute approximate surface area is 145 Å². The summed E-state index contributed by atoms with van der Waals surface area (Å²) in [5.74, 6) is 0.704. The van der Waals surface area contributed by atoms with Gasteiger partial charge < -0.3 is 10.1 Å². The molecule has 0 spiro atoms. The summed E-state index contributed by atoms with van der Waals surface area (Å²) in [6.45, 7) is 2.35. The van der Waals surface area contributed by atoms with E-state index in [2.05, 4.69) is 10.3 Å². The van der Waals surface area contributed by atoms with E-state index < -0.39 is 0 Å². The molecule has 1 atom stereocenters. The van der Waals surface area contributed by atoms with Crippen molar-refractivity contribution in [3.63, 3.8) is 0 Å². The number of carbonyl (C=O) groups is 1. The van der Waals surface area contributed by atoms with E-state index in [9.17, 15) is 4.79 Å². The first-order chi connectivity index (χ1) is 11.0. The lowest BCUT2D eigenvalue weighted by atomic mass is 10.1. The van der Waals surface area contributed by atoms with Gasteiger partial charge in [0.2, 0.25) is 5.91 Å². The van der Waals surface area contributed by atoms with Gasteiger partial charge in [-0.25, -0.2) is 4.98 Å². The SMILES string of the molecule is C[C@H](CNC(=O)CCc1ccc(Cl)nc1)Oc1ccc(Cl)cc1. The monoisotopic (exact) mass is 352 g/mol. The summed E-state index contributed by atoms with van der Waals surface area (Å²) in [6, 6.07) is 10.7. The molecular weight excluding hydrogens is 335 g/mol. The van der Waals surface area contributed by atoms with E-state index in [4.69, 9.17) is 27.9 Å². The van der Waals surface area contributed by atoms with Crippen LogP contribution in [0.15, 0.2) is 42.6 Å². The van der Waals surface area contributed by atoms with Crippen molar-refractivity contribution in [2.45, 2.75) is 25.9 Å². The molecule has 2 rings (SSSR count). The number of hydrogen-bond acceptors (Lipinski definition) is 3. The van der Waals surface area contributed by atoms with Crippen molar-refractivity contribution in [3.05, 3.63) is 58.3 Å². The van der Waals surface area contributed by atoms with Gasteiger partial charge in [0, 0.05) is 17.6 Å². The maximum atomic E-state index is 11.9. The van der Waals surface area contributed by atoms with Crippen LogP contribution in [0.5, 0.6) is 5.75 Å². The Bertz CT molecular complexity index is 630. The van der Waals surface area contributed by atoms with Gasteiger partial charge in [0.1, 0.15) is 17.0 Å². The average molecular weight is 353 g/mol. The highest BCUT2D eigenvalue weighted by Gasteiger charge is 2.07. The van der Waals surface area contributed by atoms with Crippen LogP contribution in [0.2, 0.25) is 10.2 Å². The molecule has 0 aliphatic carbocycles. The number of benzene rings is 1. The van der Waals surface area contributed by atoms with E-state index in [1.807, 2.05) is 13.0 Å².